The Hall–Kier alpha value is -1.83. The molecular formula is C23H31Cl2N3O3. The maximum atomic E-state index is 13.4. The van der Waals surface area contributed by atoms with Gasteiger partial charge in [-0.3, -0.25) is 9.69 Å². The van der Waals surface area contributed by atoms with Crippen LogP contribution < -0.4 is 10.1 Å². The summed E-state index contributed by atoms with van der Waals surface area (Å²) in [6.07, 6.45) is -0.428. The van der Waals surface area contributed by atoms with Gasteiger partial charge in [-0.1, -0.05) is 48.5 Å². The molecule has 6 nitrogen and oxygen atoms in total. The molecule has 2 fully saturated rings. The molecular weight excluding hydrogens is 437 g/mol. The average Bonchev–Trinajstić information content (AvgIpc) is 2.79. The summed E-state index contributed by atoms with van der Waals surface area (Å²) in [6, 6.07) is 18.3. The molecule has 8 heteroatoms. The molecule has 2 aliphatic rings. The SMILES string of the molecule is COc1ccccc1C1CNCCN1C(=O)C1CN(Cc2ccccc2)CCO1.Cl.Cl. The molecule has 2 atom stereocenters. The molecule has 170 valence electrons. The molecule has 2 heterocycles. The molecule has 0 aliphatic carbocycles. The van der Waals surface area contributed by atoms with Crippen LogP contribution in [0.15, 0.2) is 54.6 Å². The van der Waals surface area contributed by atoms with E-state index in [0.717, 1.165) is 30.9 Å². The number of carbonyl (C=O) groups excluding carboxylic acids is 1. The smallest absolute Gasteiger partial charge is 0.253 e. The van der Waals surface area contributed by atoms with Crippen molar-refractivity contribution in [2.24, 2.45) is 0 Å². The highest BCUT2D eigenvalue weighted by Gasteiger charge is 2.36. The Kier molecular flexibility index (Phi) is 10.1. The highest BCUT2D eigenvalue weighted by Crippen LogP contribution is 2.31. The topological polar surface area (TPSA) is 54.0 Å². The van der Waals surface area contributed by atoms with E-state index in [-0.39, 0.29) is 36.8 Å². The van der Waals surface area contributed by atoms with Crippen molar-refractivity contribution in [1.29, 1.82) is 0 Å². The maximum absolute atomic E-state index is 13.4. The third kappa shape index (κ3) is 6.11. The van der Waals surface area contributed by atoms with E-state index in [9.17, 15) is 4.79 Å². The van der Waals surface area contributed by atoms with Gasteiger partial charge >= 0.3 is 0 Å². The van der Waals surface area contributed by atoms with Gasteiger partial charge in [-0.2, -0.15) is 0 Å². The molecule has 4 rings (SSSR count). The fourth-order valence-electron chi connectivity index (χ4n) is 4.21. The molecule has 0 spiro atoms. The zero-order valence-electron chi connectivity index (χ0n) is 17.7. The van der Waals surface area contributed by atoms with Crippen LogP contribution >= 0.6 is 24.8 Å². The summed E-state index contributed by atoms with van der Waals surface area (Å²) in [5.41, 5.74) is 2.29. The van der Waals surface area contributed by atoms with Crippen LogP contribution in [0, 0.1) is 0 Å². The number of para-hydroxylation sites is 1. The van der Waals surface area contributed by atoms with Gasteiger partial charge in [-0.25, -0.2) is 0 Å². The highest BCUT2D eigenvalue weighted by molar-refractivity contribution is 5.85. The van der Waals surface area contributed by atoms with E-state index in [4.69, 9.17) is 9.47 Å². The minimum absolute atomic E-state index is 0. The lowest BCUT2D eigenvalue weighted by atomic mass is 10.0. The molecule has 0 bridgehead atoms. The third-order valence-corrected chi connectivity index (χ3v) is 5.70. The normalized spacial score (nSPS) is 21.5. The Labute approximate surface area is 196 Å². The van der Waals surface area contributed by atoms with E-state index >= 15 is 0 Å². The van der Waals surface area contributed by atoms with Crippen LogP contribution in [0.1, 0.15) is 17.2 Å². The van der Waals surface area contributed by atoms with Gasteiger partial charge < -0.3 is 19.7 Å². The molecule has 2 aliphatic heterocycles. The van der Waals surface area contributed by atoms with Crippen molar-refractivity contribution in [3.8, 4) is 5.75 Å². The number of hydrogen-bond acceptors (Lipinski definition) is 5. The van der Waals surface area contributed by atoms with Crippen LogP contribution in [0.2, 0.25) is 0 Å². The minimum atomic E-state index is -0.428. The predicted molar refractivity (Wildman–Crippen MR) is 126 cm³/mol. The number of carbonyl (C=O) groups is 1. The molecule has 1 N–H and O–H groups in total. The van der Waals surface area contributed by atoms with E-state index in [1.807, 2.05) is 35.2 Å². The molecule has 31 heavy (non-hydrogen) atoms. The number of benzene rings is 2. The van der Waals surface area contributed by atoms with Gasteiger partial charge in [-0.15, -0.1) is 24.8 Å². The van der Waals surface area contributed by atoms with E-state index < -0.39 is 6.10 Å². The first kappa shape index (κ1) is 25.4. The number of amides is 1. The van der Waals surface area contributed by atoms with Crippen molar-refractivity contribution < 1.29 is 14.3 Å². The van der Waals surface area contributed by atoms with Crippen LogP contribution in [0.4, 0.5) is 0 Å². The molecule has 2 aromatic carbocycles. The Morgan fingerprint density at radius 1 is 1.10 bits per heavy atom. The summed E-state index contributed by atoms with van der Waals surface area (Å²) in [4.78, 5) is 17.7. The van der Waals surface area contributed by atoms with E-state index in [1.165, 1.54) is 5.56 Å². The Morgan fingerprint density at radius 3 is 2.61 bits per heavy atom. The monoisotopic (exact) mass is 467 g/mol. The number of morpholine rings is 1. The first-order valence-corrected chi connectivity index (χ1v) is 10.3. The number of rotatable bonds is 5. The van der Waals surface area contributed by atoms with Crippen molar-refractivity contribution in [2.45, 2.75) is 18.7 Å². The standard InChI is InChI=1S/C23H29N3O3.2ClH/c1-28-21-10-6-5-9-19(21)20-15-24-11-12-26(20)23(27)22-17-25(13-14-29-22)16-18-7-3-2-4-8-18;;/h2-10,20,22,24H,11-17H2,1H3;2*1H. The van der Waals surface area contributed by atoms with E-state index in [2.05, 4.69) is 34.5 Å². The summed E-state index contributed by atoms with van der Waals surface area (Å²) in [6.45, 7) is 5.05. The Morgan fingerprint density at radius 2 is 1.84 bits per heavy atom. The minimum Gasteiger partial charge on any atom is -0.496 e. The maximum Gasteiger partial charge on any atom is 0.253 e. The number of nitrogens with zero attached hydrogens (tertiary/aromatic N) is 2. The lowest BCUT2D eigenvalue weighted by Crippen LogP contribution is -2.56. The number of hydrogen-bond donors (Lipinski definition) is 1. The number of ether oxygens (including phenoxy) is 2. The van der Waals surface area contributed by atoms with Crippen LogP contribution in [-0.2, 0) is 16.1 Å². The van der Waals surface area contributed by atoms with Gasteiger partial charge in [0.05, 0.1) is 19.8 Å². The Balaban J connectivity index is 0.00000171. The zero-order valence-corrected chi connectivity index (χ0v) is 19.4. The zero-order chi connectivity index (χ0) is 20.1. The van der Waals surface area contributed by atoms with Crippen molar-refractivity contribution >= 4 is 30.7 Å². The fourth-order valence-corrected chi connectivity index (χ4v) is 4.21. The van der Waals surface area contributed by atoms with Gasteiger partial charge in [0.25, 0.3) is 5.91 Å². The molecule has 0 radical (unpaired) electrons. The molecule has 0 saturated carbocycles. The van der Waals surface area contributed by atoms with Crippen molar-refractivity contribution in [3.63, 3.8) is 0 Å². The number of methoxy groups -OCH3 is 1. The quantitative estimate of drug-likeness (QED) is 0.732. The van der Waals surface area contributed by atoms with Crippen LogP contribution in [-0.4, -0.2) is 68.3 Å². The van der Waals surface area contributed by atoms with Crippen LogP contribution in [0.3, 0.4) is 0 Å². The summed E-state index contributed by atoms with van der Waals surface area (Å²) < 4.78 is 11.5. The second-order valence-electron chi connectivity index (χ2n) is 7.57. The van der Waals surface area contributed by atoms with Crippen molar-refractivity contribution in [2.75, 3.05) is 46.4 Å². The largest absolute Gasteiger partial charge is 0.496 e. The summed E-state index contributed by atoms with van der Waals surface area (Å²) in [7, 11) is 1.67. The van der Waals surface area contributed by atoms with Crippen LogP contribution in [0.5, 0.6) is 5.75 Å². The molecule has 1 amide bonds. The van der Waals surface area contributed by atoms with Crippen LogP contribution in [0.25, 0.3) is 0 Å². The first-order chi connectivity index (χ1) is 14.3. The predicted octanol–water partition coefficient (Wildman–Crippen LogP) is 2.91. The second kappa shape index (κ2) is 12.3. The summed E-state index contributed by atoms with van der Waals surface area (Å²) in [5.74, 6) is 0.884. The summed E-state index contributed by atoms with van der Waals surface area (Å²) >= 11 is 0. The Bertz CT molecular complexity index is 825. The van der Waals surface area contributed by atoms with Gasteiger partial charge in [0.15, 0.2) is 0 Å². The van der Waals surface area contributed by atoms with E-state index in [1.54, 1.807) is 7.11 Å². The fraction of sp³-hybridized carbons (Fsp3) is 0.435. The average molecular weight is 468 g/mol. The first-order valence-electron chi connectivity index (χ1n) is 10.3. The molecule has 0 aromatic heterocycles. The van der Waals surface area contributed by atoms with Crippen molar-refractivity contribution in [1.82, 2.24) is 15.1 Å². The van der Waals surface area contributed by atoms with Gasteiger partial charge in [0.2, 0.25) is 0 Å². The lowest BCUT2D eigenvalue weighted by Gasteiger charge is -2.41. The second-order valence-corrected chi connectivity index (χ2v) is 7.57. The van der Waals surface area contributed by atoms with Gasteiger partial charge in [0, 0.05) is 44.8 Å². The van der Waals surface area contributed by atoms with Gasteiger partial charge in [-0.05, 0) is 11.6 Å². The van der Waals surface area contributed by atoms with Crippen molar-refractivity contribution in [3.05, 3.63) is 65.7 Å². The number of piperazine rings is 1. The van der Waals surface area contributed by atoms with E-state index in [0.29, 0.717) is 26.2 Å². The molecule has 2 aromatic rings. The summed E-state index contributed by atoms with van der Waals surface area (Å²) in [5, 5.41) is 3.41. The number of nitrogens with one attached hydrogen (secondary N) is 1. The number of halogens is 2. The third-order valence-electron chi connectivity index (χ3n) is 5.70. The lowest BCUT2D eigenvalue weighted by molar-refractivity contribution is -0.153. The van der Waals surface area contributed by atoms with Gasteiger partial charge in [0.1, 0.15) is 11.9 Å². The molecule has 2 saturated heterocycles. The highest BCUT2D eigenvalue weighted by atomic mass is 35.5. The molecule has 2 unspecified atom stereocenters.